The van der Waals surface area contributed by atoms with Gasteiger partial charge < -0.3 is 10.6 Å². The predicted octanol–water partition coefficient (Wildman–Crippen LogP) is 5.09. The van der Waals surface area contributed by atoms with Gasteiger partial charge in [0.05, 0.1) is 22.5 Å². The van der Waals surface area contributed by atoms with E-state index in [0.29, 0.717) is 17.1 Å². The molecule has 1 heterocycles. The second kappa shape index (κ2) is 8.27. The zero-order chi connectivity index (χ0) is 20.9. The molecule has 30 heavy (non-hydrogen) atoms. The Morgan fingerprint density at radius 2 is 1.50 bits per heavy atom. The van der Waals surface area contributed by atoms with E-state index in [4.69, 9.17) is 0 Å². The quantitative estimate of drug-likeness (QED) is 0.360. The molecule has 3 aromatic carbocycles. The molecule has 4 aromatic rings. The number of nitrogens with zero attached hydrogens (tertiary/aromatic N) is 3. The van der Waals surface area contributed by atoms with Crippen LogP contribution in [0.4, 0.5) is 21.9 Å². The number of rotatable bonds is 5. The van der Waals surface area contributed by atoms with Gasteiger partial charge in [-0.3, -0.25) is 10.1 Å². The lowest BCUT2D eigenvalue weighted by Crippen LogP contribution is -2.19. The van der Waals surface area contributed by atoms with E-state index in [9.17, 15) is 14.9 Å². The van der Waals surface area contributed by atoms with Gasteiger partial charge in [-0.1, -0.05) is 48.5 Å². The van der Waals surface area contributed by atoms with Crippen molar-refractivity contribution < 1.29 is 9.72 Å². The maximum Gasteiger partial charge on any atom is 0.323 e. The van der Waals surface area contributed by atoms with Crippen LogP contribution >= 0.6 is 0 Å². The van der Waals surface area contributed by atoms with Gasteiger partial charge in [0.15, 0.2) is 0 Å². The van der Waals surface area contributed by atoms with E-state index in [-0.39, 0.29) is 5.69 Å². The summed E-state index contributed by atoms with van der Waals surface area (Å²) in [5, 5.41) is 20.9. The highest BCUT2D eigenvalue weighted by Gasteiger charge is 2.15. The van der Waals surface area contributed by atoms with Gasteiger partial charge >= 0.3 is 6.03 Å². The van der Waals surface area contributed by atoms with Crippen molar-refractivity contribution in [2.45, 2.75) is 0 Å². The van der Waals surface area contributed by atoms with E-state index < -0.39 is 11.0 Å². The summed E-state index contributed by atoms with van der Waals surface area (Å²) >= 11 is 0. The van der Waals surface area contributed by atoms with Gasteiger partial charge in [-0.2, -0.15) is 5.10 Å². The fourth-order valence-electron chi connectivity index (χ4n) is 2.94. The van der Waals surface area contributed by atoms with E-state index in [0.717, 1.165) is 11.3 Å². The number of carbonyl (C=O) groups is 1. The van der Waals surface area contributed by atoms with Crippen molar-refractivity contribution in [3.63, 3.8) is 0 Å². The summed E-state index contributed by atoms with van der Waals surface area (Å²) in [6.45, 7) is 0. The summed E-state index contributed by atoms with van der Waals surface area (Å²) in [6.07, 6.45) is 1.74. The smallest absolute Gasteiger partial charge is 0.308 e. The number of urea groups is 1. The molecule has 8 nitrogen and oxygen atoms in total. The summed E-state index contributed by atoms with van der Waals surface area (Å²) in [5.41, 5.74) is 3.27. The van der Waals surface area contributed by atoms with Crippen LogP contribution in [0, 0.1) is 10.1 Å². The molecule has 0 saturated carbocycles. The summed E-state index contributed by atoms with van der Waals surface area (Å²) in [5.74, 6) is 0. The molecular formula is C22H17N5O3. The Morgan fingerprint density at radius 3 is 2.13 bits per heavy atom. The molecule has 0 saturated heterocycles. The van der Waals surface area contributed by atoms with Gasteiger partial charge in [0, 0.05) is 23.4 Å². The molecule has 4 rings (SSSR count). The predicted molar refractivity (Wildman–Crippen MR) is 115 cm³/mol. The van der Waals surface area contributed by atoms with Crippen LogP contribution in [-0.4, -0.2) is 20.7 Å². The number of amides is 2. The molecule has 148 valence electrons. The summed E-state index contributed by atoms with van der Waals surface area (Å²) in [4.78, 5) is 22.8. The average Bonchev–Trinajstić information content (AvgIpc) is 3.19. The Hall–Kier alpha value is -4.46. The highest BCUT2D eigenvalue weighted by molar-refractivity contribution is 6.01. The Balaban J connectivity index is 1.60. The van der Waals surface area contributed by atoms with Crippen LogP contribution < -0.4 is 10.6 Å². The second-order valence-corrected chi connectivity index (χ2v) is 6.42. The largest absolute Gasteiger partial charge is 0.323 e. The highest BCUT2D eigenvalue weighted by Crippen LogP contribution is 2.28. The Labute approximate surface area is 171 Å². The molecule has 0 atom stereocenters. The maximum absolute atomic E-state index is 12.5. The molecule has 0 spiro atoms. The number of para-hydroxylation sites is 1. The number of hydrogen-bond acceptors (Lipinski definition) is 4. The van der Waals surface area contributed by atoms with Gasteiger partial charge in [0.25, 0.3) is 5.69 Å². The van der Waals surface area contributed by atoms with E-state index >= 15 is 0 Å². The first kappa shape index (κ1) is 18.9. The van der Waals surface area contributed by atoms with Crippen molar-refractivity contribution in [1.82, 2.24) is 9.78 Å². The maximum atomic E-state index is 12.5. The SMILES string of the molecule is O=C(Nc1ccc([N+](=O)[O-])cc1)Nc1cn(-c2ccccc2)nc1-c1ccccc1. The molecule has 1 aromatic heterocycles. The number of nitrogens with one attached hydrogen (secondary N) is 2. The standard InChI is InChI=1S/C22H17N5O3/c28-22(23-17-11-13-19(14-12-17)27(29)30)24-20-15-26(18-9-5-2-6-10-18)25-21(20)16-7-3-1-4-8-16/h1-15H,(H2,23,24,28). The normalized spacial score (nSPS) is 10.4. The minimum Gasteiger partial charge on any atom is -0.308 e. The Bertz CT molecular complexity index is 1170. The fourth-order valence-corrected chi connectivity index (χ4v) is 2.94. The first-order valence-corrected chi connectivity index (χ1v) is 9.13. The van der Waals surface area contributed by atoms with Gasteiger partial charge in [0.2, 0.25) is 0 Å². The zero-order valence-electron chi connectivity index (χ0n) is 15.7. The Morgan fingerprint density at radius 1 is 0.867 bits per heavy atom. The number of non-ortho nitro benzene ring substituents is 1. The van der Waals surface area contributed by atoms with Crippen molar-refractivity contribution in [3.8, 4) is 16.9 Å². The van der Waals surface area contributed by atoms with E-state index in [1.54, 1.807) is 10.9 Å². The van der Waals surface area contributed by atoms with E-state index in [1.165, 1.54) is 24.3 Å². The summed E-state index contributed by atoms with van der Waals surface area (Å²) < 4.78 is 1.70. The number of hydrogen-bond donors (Lipinski definition) is 2. The van der Waals surface area contributed by atoms with Crippen LogP contribution in [0.1, 0.15) is 0 Å². The average molecular weight is 399 g/mol. The third-order valence-electron chi connectivity index (χ3n) is 4.37. The van der Waals surface area contributed by atoms with Gasteiger partial charge in [-0.25, -0.2) is 9.48 Å². The lowest BCUT2D eigenvalue weighted by molar-refractivity contribution is -0.384. The molecule has 8 heteroatoms. The second-order valence-electron chi connectivity index (χ2n) is 6.42. The number of nitro benzene ring substituents is 1. The Kier molecular flexibility index (Phi) is 5.21. The molecule has 0 bridgehead atoms. The first-order chi connectivity index (χ1) is 14.6. The minimum absolute atomic E-state index is 0.0449. The van der Waals surface area contributed by atoms with Crippen LogP contribution in [-0.2, 0) is 0 Å². The third-order valence-corrected chi connectivity index (χ3v) is 4.37. The summed E-state index contributed by atoms with van der Waals surface area (Å²) in [7, 11) is 0. The molecular weight excluding hydrogens is 382 g/mol. The fraction of sp³-hybridized carbons (Fsp3) is 0. The number of benzene rings is 3. The van der Waals surface area contributed by atoms with Crippen molar-refractivity contribution in [3.05, 3.63) is 101 Å². The lowest BCUT2D eigenvalue weighted by atomic mass is 10.1. The van der Waals surface area contributed by atoms with Crippen LogP contribution in [0.3, 0.4) is 0 Å². The molecule has 0 aliphatic carbocycles. The van der Waals surface area contributed by atoms with Crippen LogP contribution in [0.25, 0.3) is 16.9 Å². The van der Waals surface area contributed by atoms with Crippen LogP contribution in [0.2, 0.25) is 0 Å². The topological polar surface area (TPSA) is 102 Å². The number of carbonyl (C=O) groups excluding carboxylic acids is 1. The monoisotopic (exact) mass is 399 g/mol. The molecule has 0 unspecified atom stereocenters. The molecule has 0 fully saturated rings. The molecule has 2 N–H and O–H groups in total. The molecule has 0 aliphatic heterocycles. The molecule has 0 radical (unpaired) electrons. The minimum atomic E-state index is -0.492. The van der Waals surface area contributed by atoms with Crippen LogP contribution in [0.5, 0.6) is 0 Å². The van der Waals surface area contributed by atoms with Gasteiger partial charge in [0.1, 0.15) is 5.69 Å². The van der Waals surface area contributed by atoms with Gasteiger partial charge in [-0.15, -0.1) is 0 Å². The molecule has 2 amide bonds. The number of aromatic nitrogens is 2. The number of nitro groups is 1. The van der Waals surface area contributed by atoms with Crippen molar-refractivity contribution in [2.75, 3.05) is 10.6 Å². The van der Waals surface area contributed by atoms with Gasteiger partial charge in [-0.05, 0) is 24.3 Å². The summed E-state index contributed by atoms with van der Waals surface area (Å²) in [6, 6.07) is 24.3. The first-order valence-electron chi connectivity index (χ1n) is 9.13. The van der Waals surface area contributed by atoms with Crippen LogP contribution in [0.15, 0.2) is 91.1 Å². The van der Waals surface area contributed by atoms with Crippen molar-refractivity contribution in [1.29, 1.82) is 0 Å². The van der Waals surface area contributed by atoms with E-state index in [1.807, 2.05) is 60.7 Å². The zero-order valence-corrected chi connectivity index (χ0v) is 15.7. The molecule has 0 aliphatic rings. The van der Waals surface area contributed by atoms with E-state index in [2.05, 4.69) is 15.7 Å². The lowest BCUT2D eigenvalue weighted by Gasteiger charge is -2.07. The number of anilines is 2. The highest BCUT2D eigenvalue weighted by atomic mass is 16.6. The van der Waals surface area contributed by atoms with Crippen molar-refractivity contribution in [2.24, 2.45) is 0 Å². The van der Waals surface area contributed by atoms with Crippen molar-refractivity contribution >= 4 is 23.1 Å². The third kappa shape index (κ3) is 4.17.